The van der Waals surface area contributed by atoms with Crippen LogP contribution in [-0.2, 0) is 14.3 Å². The molecule has 2 aliphatic carbocycles. The van der Waals surface area contributed by atoms with E-state index in [1.807, 2.05) is 38.1 Å². The van der Waals surface area contributed by atoms with Gasteiger partial charge in [-0.3, -0.25) is 9.59 Å². The third-order valence-electron chi connectivity index (χ3n) is 5.33. The number of hydrogen-bond acceptors (Lipinski definition) is 4. The molecule has 0 saturated heterocycles. The number of carbonyl (C=O) groups is 2. The number of Topliss-reactive ketones (excluding diaryl/α,β-unsaturated/α-hetero) is 1. The van der Waals surface area contributed by atoms with Gasteiger partial charge in [0.2, 0.25) is 5.78 Å². The SMILES string of the molecule is COC1=CC(=O)C2C(C)[C@@H](c3ccc(OC)cc3)[C@]2(C)C1=O. The molecule has 4 atom stereocenters. The molecule has 0 aromatic heterocycles. The van der Waals surface area contributed by atoms with Gasteiger partial charge in [0.15, 0.2) is 11.5 Å². The number of ether oxygens (including phenoxy) is 2. The number of allylic oxidation sites excluding steroid dienone is 2. The maximum Gasteiger partial charge on any atom is 0.204 e. The van der Waals surface area contributed by atoms with Crippen LogP contribution in [0.4, 0.5) is 0 Å². The van der Waals surface area contributed by atoms with Gasteiger partial charge in [0.25, 0.3) is 0 Å². The number of hydrogen-bond donors (Lipinski definition) is 0. The smallest absolute Gasteiger partial charge is 0.204 e. The summed E-state index contributed by atoms with van der Waals surface area (Å²) >= 11 is 0. The fourth-order valence-electron chi connectivity index (χ4n) is 4.36. The van der Waals surface area contributed by atoms with Crippen molar-refractivity contribution in [3.8, 4) is 5.75 Å². The van der Waals surface area contributed by atoms with Crippen LogP contribution in [0.2, 0.25) is 0 Å². The molecule has 1 aromatic carbocycles. The van der Waals surface area contributed by atoms with Gasteiger partial charge in [0.1, 0.15) is 5.75 Å². The lowest BCUT2D eigenvalue weighted by atomic mass is 9.42. The Kier molecular flexibility index (Phi) is 3.35. The lowest BCUT2D eigenvalue weighted by molar-refractivity contribution is -0.159. The minimum Gasteiger partial charge on any atom is -0.497 e. The summed E-state index contributed by atoms with van der Waals surface area (Å²) in [5.41, 5.74) is 0.344. The molecule has 3 rings (SSSR count). The van der Waals surface area contributed by atoms with E-state index in [9.17, 15) is 9.59 Å². The molecular formula is C18H20O4. The van der Waals surface area contributed by atoms with Gasteiger partial charge in [-0.1, -0.05) is 26.0 Å². The van der Waals surface area contributed by atoms with Crippen molar-refractivity contribution >= 4 is 11.6 Å². The Morgan fingerprint density at radius 1 is 1.00 bits per heavy atom. The molecule has 4 heteroatoms. The zero-order valence-electron chi connectivity index (χ0n) is 13.3. The first kappa shape index (κ1) is 14.8. The van der Waals surface area contributed by atoms with E-state index < -0.39 is 5.41 Å². The van der Waals surface area contributed by atoms with E-state index in [4.69, 9.17) is 9.47 Å². The van der Waals surface area contributed by atoms with Crippen molar-refractivity contribution in [1.29, 1.82) is 0 Å². The zero-order valence-corrected chi connectivity index (χ0v) is 13.3. The topological polar surface area (TPSA) is 52.6 Å². The Balaban J connectivity index is 2.02. The summed E-state index contributed by atoms with van der Waals surface area (Å²) in [4.78, 5) is 25.1. The van der Waals surface area contributed by atoms with Crippen LogP contribution in [-0.4, -0.2) is 25.8 Å². The number of methoxy groups -OCH3 is 2. The number of benzene rings is 1. The summed E-state index contributed by atoms with van der Waals surface area (Å²) in [6, 6.07) is 7.73. The van der Waals surface area contributed by atoms with Crippen molar-refractivity contribution in [3.05, 3.63) is 41.7 Å². The van der Waals surface area contributed by atoms with Crippen LogP contribution in [0.5, 0.6) is 5.75 Å². The predicted octanol–water partition coefficient (Wildman–Crippen LogP) is 2.73. The molecule has 116 valence electrons. The fraction of sp³-hybridized carbons (Fsp3) is 0.444. The predicted molar refractivity (Wildman–Crippen MR) is 81.6 cm³/mol. The fourth-order valence-corrected chi connectivity index (χ4v) is 4.36. The number of carbonyl (C=O) groups excluding carboxylic acids is 2. The Labute approximate surface area is 130 Å². The van der Waals surface area contributed by atoms with E-state index in [-0.39, 0.29) is 35.1 Å². The minimum absolute atomic E-state index is 0.00351. The second-order valence-electron chi connectivity index (χ2n) is 6.31. The van der Waals surface area contributed by atoms with Crippen molar-refractivity contribution < 1.29 is 19.1 Å². The molecule has 2 unspecified atom stereocenters. The van der Waals surface area contributed by atoms with Gasteiger partial charge in [-0.25, -0.2) is 0 Å². The Bertz CT molecular complexity index is 658. The van der Waals surface area contributed by atoms with E-state index in [1.165, 1.54) is 13.2 Å². The quantitative estimate of drug-likeness (QED) is 0.861. The van der Waals surface area contributed by atoms with Gasteiger partial charge >= 0.3 is 0 Å². The molecule has 2 aliphatic rings. The number of ketones is 2. The highest BCUT2D eigenvalue weighted by atomic mass is 16.5. The van der Waals surface area contributed by atoms with Gasteiger partial charge in [-0.15, -0.1) is 0 Å². The van der Waals surface area contributed by atoms with Crippen LogP contribution in [0.3, 0.4) is 0 Å². The zero-order chi connectivity index (χ0) is 16.1. The summed E-state index contributed by atoms with van der Waals surface area (Å²) in [6.45, 7) is 3.93. The third-order valence-corrected chi connectivity index (χ3v) is 5.33. The van der Waals surface area contributed by atoms with Crippen molar-refractivity contribution in [1.82, 2.24) is 0 Å². The standard InChI is InChI=1S/C18H20O4/c1-10-15(11-5-7-12(21-3)8-6-11)18(2)16(10)13(19)9-14(22-4)17(18)20/h5-10,15-16H,1-4H3/t10?,15-,16?,18-/m0/s1. The van der Waals surface area contributed by atoms with Crippen LogP contribution in [0, 0.1) is 17.3 Å². The monoisotopic (exact) mass is 300 g/mol. The van der Waals surface area contributed by atoms with E-state index in [1.54, 1.807) is 7.11 Å². The molecule has 0 amide bonds. The van der Waals surface area contributed by atoms with Crippen molar-refractivity contribution in [2.45, 2.75) is 19.8 Å². The molecule has 0 N–H and O–H groups in total. The first-order chi connectivity index (χ1) is 10.4. The van der Waals surface area contributed by atoms with Crippen molar-refractivity contribution in [3.63, 3.8) is 0 Å². The van der Waals surface area contributed by atoms with Crippen molar-refractivity contribution in [2.75, 3.05) is 14.2 Å². The molecule has 1 aromatic rings. The second-order valence-corrected chi connectivity index (χ2v) is 6.31. The summed E-state index contributed by atoms with van der Waals surface area (Å²) in [7, 11) is 3.06. The lowest BCUT2D eigenvalue weighted by Crippen LogP contribution is -2.61. The van der Waals surface area contributed by atoms with Crippen LogP contribution in [0.1, 0.15) is 25.3 Å². The van der Waals surface area contributed by atoms with Gasteiger partial charge in [-0.2, -0.15) is 0 Å². The molecule has 0 bridgehead atoms. The molecule has 1 saturated carbocycles. The molecule has 0 radical (unpaired) electrons. The average molecular weight is 300 g/mol. The number of rotatable bonds is 3. The van der Waals surface area contributed by atoms with Crippen LogP contribution < -0.4 is 4.74 Å². The third kappa shape index (κ3) is 1.76. The van der Waals surface area contributed by atoms with Crippen LogP contribution in [0.25, 0.3) is 0 Å². The van der Waals surface area contributed by atoms with E-state index in [0.717, 1.165) is 11.3 Å². The van der Waals surface area contributed by atoms with Gasteiger partial charge in [-0.05, 0) is 23.6 Å². The normalized spacial score (nSPS) is 33.6. The molecule has 0 heterocycles. The molecule has 0 spiro atoms. The first-order valence-electron chi connectivity index (χ1n) is 7.43. The maximum atomic E-state index is 12.8. The maximum absolute atomic E-state index is 12.8. The molecule has 1 fully saturated rings. The van der Waals surface area contributed by atoms with E-state index in [2.05, 4.69) is 0 Å². The summed E-state index contributed by atoms with van der Waals surface area (Å²) in [5, 5.41) is 0. The molecule has 0 aliphatic heterocycles. The average Bonchev–Trinajstić information content (AvgIpc) is 2.51. The highest BCUT2D eigenvalue weighted by Crippen LogP contribution is 2.63. The highest BCUT2D eigenvalue weighted by molar-refractivity contribution is 6.13. The minimum atomic E-state index is -0.717. The highest BCUT2D eigenvalue weighted by Gasteiger charge is 2.66. The van der Waals surface area contributed by atoms with E-state index >= 15 is 0 Å². The largest absolute Gasteiger partial charge is 0.497 e. The van der Waals surface area contributed by atoms with Gasteiger partial charge in [0.05, 0.1) is 19.6 Å². The summed E-state index contributed by atoms with van der Waals surface area (Å²) in [6.07, 6.45) is 1.36. The van der Waals surface area contributed by atoms with Gasteiger partial charge in [0, 0.05) is 17.9 Å². The molecule has 4 nitrogen and oxygen atoms in total. The van der Waals surface area contributed by atoms with Crippen LogP contribution >= 0.6 is 0 Å². The Morgan fingerprint density at radius 2 is 1.64 bits per heavy atom. The molecular weight excluding hydrogens is 280 g/mol. The Hall–Kier alpha value is -2.10. The van der Waals surface area contributed by atoms with Gasteiger partial charge < -0.3 is 9.47 Å². The number of fused-ring (bicyclic) bond motifs is 1. The van der Waals surface area contributed by atoms with Crippen molar-refractivity contribution in [2.24, 2.45) is 17.3 Å². The lowest BCUT2D eigenvalue weighted by Gasteiger charge is -2.58. The Morgan fingerprint density at radius 3 is 2.18 bits per heavy atom. The van der Waals surface area contributed by atoms with Crippen LogP contribution in [0.15, 0.2) is 36.1 Å². The summed E-state index contributed by atoms with van der Waals surface area (Å²) in [5.74, 6) is 0.763. The second kappa shape index (κ2) is 4.97. The van der Waals surface area contributed by atoms with E-state index in [0.29, 0.717) is 0 Å². The summed E-state index contributed by atoms with van der Waals surface area (Å²) < 4.78 is 10.3. The first-order valence-corrected chi connectivity index (χ1v) is 7.43. The molecule has 22 heavy (non-hydrogen) atoms.